The van der Waals surface area contributed by atoms with Gasteiger partial charge in [-0.05, 0) is 24.1 Å². The maximum atomic E-state index is 12.1. The molecule has 0 aromatic heterocycles. The maximum Gasteiger partial charge on any atom is 0.247 e. The summed E-state index contributed by atoms with van der Waals surface area (Å²) in [5, 5.41) is 4.91. The van der Waals surface area contributed by atoms with Gasteiger partial charge in [0, 0.05) is 11.4 Å². The summed E-state index contributed by atoms with van der Waals surface area (Å²) >= 11 is 6.26. The Morgan fingerprint density at radius 1 is 1.13 bits per heavy atom. The van der Waals surface area contributed by atoms with E-state index >= 15 is 0 Å². The lowest BCUT2D eigenvalue weighted by Crippen LogP contribution is -2.26. The van der Waals surface area contributed by atoms with Crippen molar-refractivity contribution in [3.05, 3.63) is 70.2 Å². The lowest BCUT2D eigenvalue weighted by atomic mass is 9.98. The Labute approximate surface area is 141 Å². The third kappa shape index (κ3) is 3.26. The SMILES string of the molecule is Cc1ccc(C2=NN(S(C)(=O)=O)[C@H](c3ccccc3Cl)C2)cc1. The molecule has 1 atom stereocenters. The van der Waals surface area contributed by atoms with Crippen molar-refractivity contribution >= 4 is 27.3 Å². The highest BCUT2D eigenvalue weighted by Gasteiger charge is 2.35. The van der Waals surface area contributed by atoms with Crippen LogP contribution in [0.2, 0.25) is 5.02 Å². The van der Waals surface area contributed by atoms with Crippen LogP contribution in [0.4, 0.5) is 0 Å². The van der Waals surface area contributed by atoms with E-state index in [1.165, 1.54) is 10.7 Å². The first-order valence-corrected chi connectivity index (χ1v) is 9.47. The molecule has 1 heterocycles. The Morgan fingerprint density at radius 2 is 1.78 bits per heavy atom. The molecule has 1 aliphatic rings. The second-order valence-corrected chi connectivity index (χ2v) is 7.94. The van der Waals surface area contributed by atoms with Crippen molar-refractivity contribution in [3.63, 3.8) is 0 Å². The van der Waals surface area contributed by atoms with E-state index in [1.54, 1.807) is 6.07 Å². The fourth-order valence-corrected chi connectivity index (χ4v) is 3.85. The van der Waals surface area contributed by atoms with Gasteiger partial charge in [-0.15, -0.1) is 0 Å². The van der Waals surface area contributed by atoms with Gasteiger partial charge in [-0.1, -0.05) is 59.6 Å². The minimum atomic E-state index is -3.48. The molecule has 2 aromatic rings. The van der Waals surface area contributed by atoms with Gasteiger partial charge >= 0.3 is 0 Å². The summed E-state index contributed by atoms with van der Waals surface area (Å²) in [7, 11) is -3.48. The molecule has 3 rings (SSSR count). The first-order chi connectivity index (χ1) is 10.9. The Morgan fingerprint density at radius 3 is 2.39 bits per heavy atom. The average molecular weight is 349 g/mol. The molecule has 120 valence electrons. The Balaban J connectivity index is 2.03. The molecule has 0 saturated carbocycles. The molecule has 0 bridgehead atoms. The van der Waals surface area contributed by atoms with Crippen LogP contribution in [0, 0.1) is 6.92 Å². The van der Waals surface area contributed by atoms with E-state index in [0.717, 1.165) is 22.4 Å². The quantitative estimate of drug-likeness (QED) is 0.848. The lowest BCUT2D eigenvalue weighted by molar-refractivity contribution is 0.375. The summed E-state index contributed by atoms with van der Waals surface area (Å²) in [6.45, 7) is 2.01. The number of hydrazone groups is 1. The average Bonchev–Trinajstić information content (AvgIpc) is 2.93. The molecule has 0 spiro atoms. The number of hydrogen-bond acceptors (Lipinski definition) is 3. The summed E-state index contributed by atoms with van der Waals surface area (Å²) < 4.78 is 25.4. The van der Waals surface area contributed by atoms with Gasteiger partial charge in [0.15, 0.2) is 0 Å². The fourth-order valence-electron chi connectivity index (χ4n) is 2.69. The summed E-state index contributed by atoms with van der Waals surface area (Å²) in [6.07, 6.45) is 1.66. The van der Waals surface area contributed by atoms with Gasteiger partial charge in [0.2, 0.25) is 10.0 Å². The second-order valence-electron chi connectivity index (χ2n) is 5.69. The Hall–Kier alpha value is -1.85. The summed E-state index contributed by atoms with van der Waals surface area (Å²) in [5.41, 5.74) is 3.60. The number of nitrogens with zero attached hydrogens (tertiary/aromatic N) is 2. The normalized spacial score (nSPS) is 18.1. The number of halogens is 1. The lowest BCUT2D eigenvalue weighted by Gasteiger charge is -2.22. The molecular formula is C17H17ClN2O2S. The highest BCUT2D eigenvalue weighted by atomic mass is 35.5. The van der Waals surface area contributed by atoms with Crippen molar-refractivity contribution < 1.29 is 8.42 Å². The highest BCUT2D eigenvalue weighted by Crippen LogP contribution is 2.37. The molecule has 6 heteroatoms. The van der Waals surface area contributed by atoms with Crippen LogP contribution in [-0.4, -0.2) is 24.8 Å². The molecule has 1 aliphatic heterocycles. The topological polar surface area (TPSA) is 49.7 Å². The van der Waals surface area contributed by atoms with Crippen LogP contribution in [0.1, 0.15) is 29.2 Å². The van der Waals surface area contributed by atoms with Gasteiger partial charge in [0.25, 0.3) is 0 Å². The van der Waals surface area contributed by atoms with E-state index in [0.29, 0.717) is 11.4 Å². The molecule has 23 heavy (non-hydrogen) atoms. The summed E-state index contributed by atoms with van der Waals surface area (Å²) in [4.78, 5) is 0. The van der Waals surface area contributed by atoms with E-state index in [1.807, 2.05) is 49.4 Å². The van der Waals surface area contributed by atoms with Crippen molar-refractivity contribution in [2.24, 2.45) is 5.10 Å². The predicted molar refractivity (Wildman–Crippen MR) is 93.2 cm³/mol. The van der Waals surface area contributed by atoms with Gasteiger partial charge in [0.1, 0.15) is 0 Å². The van der Waals surface area contributed by atoms with Crippen LogP contribution >= 0.6 is 11.6 Å². The summed E-state index contributed by atoms with van der Waals surface area (Å²) in [5.74, 6) is 0. The van der Waals surface area contributed by atoms with Gasteiger partial charge in [-0.2, -0.15) is 9.52 Å². The van der Waals surface area contributed by atoms with E-state index in [-0.39, 0.29) is 0 Å². The minimum Gasteiger partial charge on any atom is -0.205 e. The van der Waals surface area contributed by atoms with Crippen LogP contribution in [-0.2, 0) is 10.0 Å². The number of rotatable bonds is 3. The van der Waals surface area contributed by atoms with Gasteiger partial charge in [0.05, 0.1) is 18.0 Å². The number of aryl methyl sites for hydroxylation is 1. The zero-order valence-corrected chi connectivity index (χ0v) is 14.5. The third-order valence-corrected chi connectivity index (χ3v) is 5.22. The van der Waals surface area contributed by atoms with E-state index < -0.39 is 16.1 Å². The minimum absolute atomic E-state index is 0.407. The molecular weight excluding hydrogens is 332 g/mol. The van der Waals surface area contributed by atoms with Crippen molar-refractivity contribution in [1.29, 1.82) is 0 Å². The van der Waals surface area contributed by atoms with Crippen LogP contribution in [0.25, 0.3) is 0 Å². The first kappa shape index (κ1) is 16.0. The largest absolute Gasteiger partial charge is 0.247 e. The molecule has 0 saturated heterocycles. The highest BCUT2D eigenvalue weighted by molar-refractivity contribution is 7.88. The Bertz CT molecular complexity index is 860. The third-order valence-electron chi connectivity index (χ3n) is 3.86. The predicted octanol–water partition coefficient (Wildman–Crippen LogP) is 3.76. The van der Waals surface area contributed by atoms with Crippen LogP contribution in [0.5, 0.6) is 0 Å². The van der Waals surface area contributed by atoms with Crippen molar-refractivity contribution in [3.8, 4) is 0 Å². The van der Waals surface area contributed by atoms with Gasteiger partial charge < -0.3 is 0 Å². The van der Waals surface area contributed by atoms with Crippen molar-refractivity contribution in [1.82, 2.24) is 4.41 Å². The van der Waals surface area contributed by atoms with Crippen molar-refractivity contribution in [2.45, 2.75) is 19.4 Å². The molecule has 0 fully saturated rings. The smallest absolute Gasteiger partial charge is 0.205 e. The molecule has 0 aliphatic carbocycles. The molecule has 4 nitrogen and oxygen atoms in total. The fraction of sp³-hybridized carbons (Fsp3) is 0.235. The zero-order valence-electron chi connectivity index (χ0n) is 12.9. The monoisotopic (exact) mass is 348 g/mol. The molecule has 2 aromatic carbocycles. The van der Waals surface area contributed by atoms with E-state index in [2.05, 4.69) is 5.10 Å². The zero-order chi connectivity index (χ0) is 16.6. The number of hydrogen-bond donors (Lipinski definition) is 0. The van der Waals surface area contributed by atoms with Crippen LogP contribution < -0.4 is 0 Å². The molecule has 0 radical (unpaired) electrons. The molecule has 0 amide bonds. The van der Waals surface area contributed by atoms with Gasteiger partial charge in [-0.3, -0.25) is 0 Å². The first-order valence-electron chi connectivity index (χ1n) is 7.24. The maximum absolute atomic E-state index is 12.1. The molecule has 0 N–H and O–H groups in total. The van der Waals surface area contributed by atoms with Crippen LogP contribution in [0.15, 0.2) is 53.6 Å². The second kappa shape index (κ2) is 5.98. The Kier molecular flexibility index (Phi) is 4.17. The van der Waals surface area contributed by atoms with Crippen molar-refractivity contribution in [2.75, 3.05) is 6.26 Å². The number of sulfonamides is 1. The van der Waals surface area contributed by atoms with Crippen LogP contribution in [0.3, 0.4) is 0 Å². The molecule has 0 unspecified atom stereocenters. The standard InChI is InChI=1S/C17H17ClN2O2S/c1-12-7-9-13(10-8-12)16-11-17(20(19-16)23(2,21)22)14-5-3-4-6-15(14)18/h3-10,17H,11H2,1-2H3/t17-/m0/s1. The van der Waals surface area contributed by atoms with Gasteiger partial charge in [-0.25, -0.2) is 8.42 Å². The van der Waals surface area contributed by atoms with E-state index in [4.69, 9.17) is 11.6 Å². The van der Waals surface area contributed by atoms with E-state index in [9.17, 15) is 8.42 Å². The number of benzene rings is 2. The summed E-state index contributed by atoms with van der Waals surface area (Å²) in [6, 6.07) is 14.8.